The standard InChI is InChI=1S/C12H14N2O3/c15-11(10-7-4-8-13-10)14-12(16)17-9-5-2-1-3-6-9/h1-3,5-6,10,13H,4,7-8H2,(H,14,15,16)/t10-/m0/s1. The first-order valence-electron chi connectivity index (χ1n) is 5.57. The van der Waals surface area contributed by atoms with Crippen LogP contribution in [0.2, 0.25) is 0 Å². The molecule has 17 heavy (non-hydrogen) atoms. The number of ether oxygens (including phenoxy) is 1. The second kappa shape index (κ2) is 5.45. The molecule has 2 N–H and O–H groups in total. The molecular weight excluding hydrogens is 220 g/mol. The van der Waals surface area contributed by atoms with Gasteiger partial charge in [-0.15, -0.1) is 0 Å². The van der Waals surface area contributed by atoms with Crippen molar-refractivity contribution in [1.82, 2.24) is 10.6 Å². The zero-order valence-corrected chi connectivity index (χ0v) is 9.31. The van der Waals surface area contributed by atoms with Crippen LogP contribution < -0.4 is 15.4 Å². The summed E-state index contributed by atoms with van der Waals surface area (Å²) < 4.78 is 4.95. The summed E-state index contributed by atoms with van der Waals surface area (Å²) in [7, 11) is 0. The van der Waals surface area contributed by atoms with Crippen LogP contribution in [0.15, 0.2) is 30.3 Å². The van der Waals surface area contributed by atoms with Gasteiger partial charge in [0.2, 0.25) is 5.91 Å². The number of amides is 2. The van der Waals surface area contributed by atoms with Crippen LogP contribution in [0.5, 0.6) is 5.75 Å². The van der Waals surface area contributed by atoms with E-state index in [0.29, 0.717) is 5.75 Å². The number of hydrogen-bond donors (Lipinski definition) is 2. The van der Waals surface area contributed by atoms with Crippen molar-refractivity contribution in [2.45, 2.75) is 18.9 Å². The Labute approximate surface area is 99.2 Å². The average molecular weight is 234 g/mol. The third-order valence-corrected chi connectivity index (χ3v) is 2.56. The molecule has 2 rings (SSSR count). The van der Waals surface area contributed by atoms with Crippen LogP contribution >= 0.6 is 0 Å². The van der Waals surface area contributed by atoms with E-state index in [-0.39, 0.29) is 11.9 Å². The van der Waals surface area contributed by atoms with Gasteiger partial charge in [-0.2, -0.15) is 0 Å². The van der Waals surface area contributed by atoms with Crippen LogP contribution in [0.25, 0.3) is 0 Å². The predicted octanol–water partition coefficient (Wildman–Crippen LogP) is 1.05. The number of para-hydroxylation sites is 1. The van der Waals surface area contributed by atoms with Crippen molar-refractivity contribution in [3.8, 4) is 5.75 Å². The Hall–Kier alpha value is -1.88. The average Bonchev–Trinajstić information content (AvgIpc) is 2.83. The molecule has 1 aromatic rings. The zero-order valence-electron chi connectivity index (χ0n) is 9.31. The van der Waals surface area contributed by atoms with Crippen molar-refractivity contribution in [1.29, 1.82) is 0 Å². The van der Waals surface area contributed by atoms with E-state index in [1.54, 1.807) is 24.3 Å². The Morgan fingerprint density at radius 1 is 1.29 bits per heavy atom. The monoisotopic (exact) mass is 234 g/mol. The van der Waals surface area contributed by atoms with Crippen LogP contribution in [-0.4, -0.2) is 24.6 Å². The Kier molecular flexibility index (Phi) is 3.72. The maximum absolute atomic E-state index is 11.6. The number of carbonyl (C=O) groups excluding carboxylic acids is 2. The molecule has 1 aromatic carbocycles. The first-order valence-corrected chi connectivity index (χ1v) is 5.57. The third-order valence-electron chi connectivity index (χ3n) is 2.56. The maximum atomic E-state index is 11.6. The molecule has 1 fully saturated rings. The van der Waals surface area contributed by atoms with Crippen molar-refractivity contribution in [2.75, 3.05) is 6.54 Å². The molecule has 1 heterocycles. The Bertz CT molecular complexity index is 399. The Balaban J connectivity index is 1.83. The van der Waals surface area contributed by atoms with Crippen LogP contribution in [0.1, 0.15) is 12.8 Å². The first-order chi connectivity index (χ1) is 8.25. The van der Waals surface area contributed by atoms with E-state index >= 15 is 0 Å². The Morgan fingerprint density at radius 3 is 2.71 bits per heavy atom. The normalized spacial score (nSPS) is 18.7. The van der Waals surface area contributed by atoms with Gasteiger partial charge in [-0.1, -0.05) is 18.2 Å². The fourth-order valence-corrected chi connectivity index (χ4v) is 1.72. The molecule has 5 nitrogen and oxygen atoms in total. The molecule has 0 radical (unpaired) electrons. The molecule has 0 saturated carbocycles. The fraction of sp³-hybridized carbons (Fsp3) is 0.333. The first kappa shape index (κ1) is 11.6. The largest absolute Gasteiger partial charge is 0.419 e. The lowest BCUT2D eigenvalue weighted by atomic mass is 10.2. The molecule has 1 atom stereocenters. The molecule has 0 aliphatic carbocycles. The van der Waals surface area contributed by atoms with Gasteiger partial charge >= 0.3 is 6.09 Å². The molecular formula is C12H14N2O3. The maximum Gasteiger partial charge on any atom is 0.419 e. The van der Waals surface area contributed by atoms with Gasteiger partial charge in [0.25, 0.3) is 0 Å². The highest BCUT2D eigenvalue weighted by Gasteiger charge is 2.23. The van der Waals surface area contributed by atoms with Crippen molar-refractivity contribution < 1.29 is 14.3 Å². The molecule has 2 amide bonds. The third kappa shape index (κ3) is 3.29. The van der Waals surface area contributed by atoms with E-state index in [1.165, 1.54) is 0 Å². The van der Waals surface area contributed by atoms with E-state index in [0.717, 1.165) is 19.4 Å². The highest BCUT2D eigenvalue weighted by atomic mass is 16.6. The SMILES string of the molecule is O=C(NC(=O)[C@@H]1CCCN1)Oc1ccccc1. The summed E-state index contributed by atoms with van der Waals surface area (Å²) in [6.45, 7) is 0.811. The molecule has 1 saturated heterocycles. The quantitative estimate of drug-likeness (QED) is 0.802. The van der Waals surface area contributed by atoms with Crippen LogP contribution in [-0.2, 0) is 4.79 Å². The summed E-state index contributed by atoms with van der Waals surface area (Å²) in [6.07, 6.45) is 0.964. The highest BCUT2D eigenvalue weighted by Crippen LogP contribution is 2.09. The molecule has 0 unspecified atom stereocenters. The fourth-order valence-electron chi connectivity index (χ4n) is 1.72. The van der Waals surface area contributed by atoms with Crippen LogP contribution in [0.4, 0.5) is 4.79 Å². The zero-order chi connectivity index (χ0) is 12.1. The van der Waals surface area contributed by atoms with Gasteiger partial charge in [0.1, 0.15) is 5.75 Å². The minimum Gasteiger partial charge on any atom is -0.410 e. The summed E-state index contributed by atoms with van der Waals surface area (Å²) >= 11 is 0. The van der Waals surface area contributed by atoms with Crippen LogP contribution in [0, 0.1) is 0 Å². The van der Waals surface area contributed by atoms with Crippen molar-refractivity contribution in [3.05, 3.63) is 30.3 Å². The summed E-state index contributed by atoms with van der Waals surface area (Å²) in [5, 5.41) is 5.21. The van der Waals surface area contributed by atoms with Crippen molar-refractivity contribution in [2.24, 2.45) is 0 Å². The van der Waals surface area contributed by atoms with Gasteiger partial charge in [0.05, 0.1) is 6.04 Å². The molecule has 5 heteroatoms. The second-order valence-electron chi connectivity index (χ2n) is 3.84. The number of imide groups is 1. The number of rotatable bonds is 2. The van der Waals surface area contributed by atoms with E-state index in [2.05, 4.69) is 10.6 Å². The number of benzene rings is 1. The van der Waals surface area contributed by atoms with Gasteiger partial charge in [-0.3, -0.25) is 10.1 Å². The topological polar surface area (TPSA) is 67.4 Å². The lowest BCUT2D eigenvalue weighted by Crippen LogP contribution is -2.44. The van der Waals surface area contributed by atoms with Gasteiger partial charge < -0.3 is 10.1 Å². The molecule has 90 valence electrons. The molecule has 1 aliphatic heterocycles. The van der Waals surface area contributed by atoms with Crippen LogP contribution in [0.3, 0.4) is 0 Å². The van der Waals surface area contributed by atoms with Gasteiger partial charge in [-0.05, 0) is 31.5 Å². The molecule has 0 spiro atoms. The lowest BCUT2D eigenvalue weighted by molar-refractivity contribution is -0.121. The number of carbonyl (C=O) groups is 2. The summed E-state index contributed by atoms with van der Waals surface area (Å²) in [4.78, 5) is 23.0. The molecule has 1 aliphatic rings. The van der Waals surface area contributed by atoms with Gasteiger partial charge in [0.15, 0.2) is 0 Å². The minimum atomic E-state index is -0.741. The van der Waals surface area contributed by atoms with Gasteiger partial charge in [0, 0.05) is 0 Å². The second-order valence-corrected chi connectivity index (χ2v) is 3.84. The molecule has 0 aromatic heterocycles. The smallest absolute Gasteiger partial charge is 0.410 e. The number of hydrogen-bond acceptors (Lipinski definition) is 4. The molecule has 0 bridgehead atoms. The minimum absolute atomic E-state index is 0.279. The number of nitrogens with one attached hydrogen (secondary N) is 2. The summed E-state index contributed by atoms with van der Waals surface area (Å²) in [6, 6.07) is 8.35. The van der Waals surface area contributed by atoms with E-state index in [9.17, 15) is 9.59 Å². The van der Waals surface area contributed by atoms with E-state index in [4.69, 9.17) is 4.74 Å². The van der Waals surface area contributed by atoms with Crippen molar-refractivity contribution in [3.63, 3.8) is 0 Å². The van der Waals surface area contributed by atoms with Gasteiger partial charge in [-0.25, -0.2) is 4.79 Å². The predicted molar refractivity (Wildman–Crippen MR) is 61.6 cm³/mol. The lowest BCUT2D eigenvalue weighted by Gasteiger charge is -2.10. The summed E-state index contributed by atoms with van der Waals surface area (Å²) in [5.74, 6) is 0.0839. The van der Waals surface area contributed by atoms with E-state index < -0.39 is 6.09 Å². The van der Waals surface area contributed by atoms with Crippen molar-refractivity contribution >= 4 is 12.0 Å². The highest BCUT2D eigenvalue weighted by molar-refractivity contribution is 5.95. The van der Waals surface area contributed by atoms with E-state index in [1.807, 2.05) is 6.07 Å². The summed E-state index contributed by atoms with van der Waals surface area (Å²) in [5.41, 5.74) is 0. The Morgan fingerprint density at radius 2 is 2.06 bits per heavy atom.